The zero-order valence-corrected chi connectivity index (χ0v) is 9.70. The molecule has 1 aliphatic heterocycles. The van der Waals surface area contributed by atoms with Crippen LogP contribution in [0.4, 0.5) is 0 Å². The van der Waals surface area contributed by atoms with E-state index in [4.69, 9.17) is 5.11 Å². The van der Waals surface area contributed by atoms with E-state index >= 15 is 0 Å². The highest BCUT2D eigenvalue weighted by atomic mass is 16.4. The zero-order chi connectivity index (χ0) is 13.1. The summed E-state index contributed by atoms with van der Waals surface area (Å²) >= 11 is 0. The molecule has 0 aromatic heterocycles. The highest BCUT2D eigenvalue weighted by molar-refractivity contribution is 6.34. The van der Waals surface area contributed by atoms with Crippen LogP contribution < -0.4 is 0 Å². The van der Waals surface area contributed by atoms with Crippen molar-refractivity contribution in [2.75, 3.05) is 6.54 Å². The van der Waals surface area contributed by atoms with E-state index in [0.29, 0.717) is 6.54 Å². The van der Waals surface area contributed by atoms with Crippen molar-refractivity contribution in [3.05, 3.63) is 35.9 Å². The van der Waals surface area contributed by atoms with E-state index in [1.54, 1.807) is 0 Å². The average Bonchev–Trinajstić information content (AvgIpc) is 2.71. The van der Waals surface area contributed by atoms with E-state index in [0.717, 1.165) is 5.56 Å². The van der Waals surface area contributed by atoms with Crippen LogP contribution >= 0.6 is 0 Å². The van der Waals surface area contributed by atoms with Crippen molar-refractivity contribution in [1.29, 1.82) is 0 Å². The Balaban J connectivity index is 2.02. The SMILES string of the molecule is O=C(O)C(=O)C1CC(=O)N(Cc2ccccc2)C1. The van der Waals surface area contributed by atoms with Crippen molar-refractivity contribution >= 4 is 17.7 Å². The van der Waals surface area contributed by atoms with Crippen molar-refractivity contribution in [3.63, 3.8) is 0 Å². The van der Waals surface area contributed by atoms with Gasteiger partial charge in [0.05, 0.1) is 5.92 Å². The second-order valence-electron chi connectivity index (χ2n) is 4.33. The third-order valence-electron chi connectivity index (χ3n) is 3.01. The van der Waals surface area contributed by atoms with Gasteiger partial charge in [0.2, 0.25) is 11.7 Å². The van der Waals surface area contributed by atoms with Crippen LogP contribution in [0.2, 0.25) is 0 Å². The summed E-state index contributed by atoms with van der Waals surface area (Å²) in [6.07, 6.45) is -0.00202. The van der Waals surface area contributed by atoms with Gasteiger partial charge in [0.15, 0.2) is 0 Å². The Morgan fingerprint density at radius 3 is 2.56 bits per heavy atom. The number of ketones is 1. The lowest BCUT2D eigenvalue weighted by molar-refractivity contribution is -0.150. The summed E-state index contributed by atoms with van der Waals surface area (Å²) in [5.74, 6) is -3.22. The molecule has 0 saturated carbocycles. The molecule has 0 spiro atoms. The molecule has 1 amide bonds. The van der Waals surface area contributed by atoms with Gasteiger partial charge in [0.25, 0.3) is 0 Å². The minimum Gasteiger partial charge on any atom is -0.475 e. The van der Waals surface area contributed by atoms with E-state index in [1.165, 1.54) is 4.90 Å². The normalized spacial score (nSPS) is 19.0. The summed E-state index contributed by atoms with van der Waals surface area (Å²) < 4.78 is 0. The number of hydrogen-bond donors (Lipinski definition) is 1. The number of hydrogen-bond acceptors (Lipinski definition) is 3. The third kappa shape index (κ3) is 2.56. The first-order valence-electron chi connectivity index (χ1n) is 5.67. The van der Waals surface area contributed by atoms with E-state index in [-0.39, 0.29) is 18.9 Å². The summed E-state index contributed by atoms with van der Waals surface area (Å²) in [5, 5.41) is 8.63. The second-order valence-corrected chi connectivity index (χ2v) is 4.33. The van der Waals surface area contributed by atoms with Crippen molar-refractivity contribution in [2.24, 2.45) is 5.92 Å². The number of nitrogens with zero attached hydrogens (tertiary/aromatic N) is 1. The molecule has 5 heteroatoms. The minimum absolute atomic E-state index is 0.00202. The number of rotatable bonds is 4. The third-order valence-corrected chi connectivity index (χ3v) is 3.01. The van der Waals surface area contributed by atoms with Gasteiger partial charge < -0.3 is 10.0 Å². The molecule has 0 bridgehead atoms. The van der Waals surface area contributed by atoms with Crippen molar-refractivity contribution in [2.45, 2.75) is 13.0 Å². The van der Waals surface area contributed by atoms with Crippen molar-refractivity contribution < 1.29 is 19.5 Å². The number of carbonyl (C=O) groups is 3. The zero-order valence-electron chi connectivity index (χ0n) is 9.70. The topological polar surface area (TPSA) is 74.7 Å². The second kappa shape index (κ2) is 5.00. The molecule has 1 aromatic carbocycles. The molecule has 0 radical (unpaired) electrons. The molecule has 2 rings (SSSR count). The quantitative estimate of drug-likeness (QED) is 0.794. The lowest BCUT2D eigenvalue weighted by Gasteiger charge is -2.15. The van der Waals surface area contributed by atoms with Gasteiger partial charge in [-0.25, -0.2) is 4.79 Å². The number of likely N-dealkylation sites (tertiary alicyclic amines) is 1. The largest absolute Gasteiger partial charge is 0.475 e. The molecule has 1 fully saturated rings. The van der Waals surface area contributed by atoms with Gasteiger partial charge in [0, 0.05) is 19.5 Å². The molecule has 0 aliphatic carbocycles. The predicted octanol–water partition coefficient (Wildman–Crippen LogP) is 0.689. The number of amides is 1. The Kier molecular flexibility index (Phi) is 3.41. The maximum Gasteiger partial charge on any atom is 0.372 e. The number of aliphatic carboxylic acids is 1. The Morgan fingerprint density at radius 1 is 1.28 bits per heavy atom. The summed E-state index contributed by atoms with van der Waals surface area (Å²) in [6, 6.07) is 9.40. The van der Waals surface area contributed by atoms with E-state index in [2.05, 4.69) is 0 Å². The molecule has 1 saturated heterocycles. The molecule has 94 valence electrons. The summed E-state index contributed by atoms with van der Waals surface area (Å²) in [7, 11) is 0. The number of carboxylic acids is 1. The van der Waals surface area contributed by atoms with Crippen molar-refractivity contribution in [1.82, 2.24) is 4.90 Å². The fraction of sp³-hybridized carbons (Fsp3) is 0.308. The minimum atomic E-state index is -1.46. The molecule has 1 N–H and O–H groups in total. The summed E-state index contributed by atoms with van der Waals surface area (Å²) in [6.45, 7) is 0.613. The van der Waals surface area contributed by atoms with Crippen LogP contribution in [0.5, 0.6) is 0 Å². The number of benzene rings is 1. The molecule has 1 unspecified atom stereocenters. The van der Waals surface area contributed by atoms with Gasteiger partial charge in [-0.05, 0) is 5.56 Å². The Bertz CT molecular complexity index is 483. The molecular weight excluding hydrogens is 234 g/mol. The van der Waals surface area contributed by atoms with Gasteiger partial charge in [-0.2, -0.15) is 0 Å². The standard InChI is InChI=1S/C13H13NO4/c15-11-6-10(12(16)13(17)18)8-14(11)7-9-4-2-1-3-5-9/h1-5,10H,6-8H2,(H,17,18). The van der Waals surface area contributed by atoms with Crippen LogP contribution in [-0.4, -0.2) is 34.2 Å². The first kappa shape index (κ1) is 12.3. The van der Waals surface area contributed by atoms with Crippen LogP contribution in [0.25, 0.3) is 0 Å². The molecule has 5 nitrogen and oxygen atoms in total. The maximum absolute atomic E-state index is 11.7. The Hall–Kier alpha value is -2.17. The molecule has 1 atom stereocenters. The summed E-state index contributed by atoms with van der Waals surface area (Å²) in [4.78, 5) is 35.1. The lowest BCUT2D eigenvalue weighted by atomic mass is 10.0. The average molecular weight is 247 g/mol. The molecule has 1 aliphatic rings. The van der Waals surface area contributed by atoms with Gasteiger partial charge in [0.1, 0.15) is 0 Å². The van der Waals surface area contributed by atoms with Crippen LogP contribution in [0, 0.1) is 5.92 Å². The monoisotopic (exact) mass is 247 g/mol. The van der Waals surface area contributed by atoms with Gasteiger partial charge >= 0.3 is 5.97 Å². The first-order valence-corrected chi connectivity index (χ1v) is 5.67. The van der Waals surface area contributed by atoms with E-state index < -0.39 is 17.7 Å². The fourth-order valence-electron chi connectivity index (χ4n) is 2.08. The van der Waals surface area contributed by atoms with Crippen LogP contribution in [-0.2, 0) is 20.9 Å². The highest BCUT2D eigenvalue weighted by Crippen LogP contribution is 2.20. The fourth-order valence-corrected chi connectivity index (χ4v) is 2.08. The van der Waals surface area contributed by atoms with Crippen molar-refractivity contribution in [3.8, 4) is 0 Å². The van der Waals surface area contributed by atoms with Crippen LogP contribution in [0.15, 0.2) is 30.3 Å². The lowest BCUT2D eigenvalue weighted by Crippen LogP contribution is -2.28. The Labute approximate surface area is 104 Å². The number of carbonyl (C=O) groups excluding carboxylic acids is 2. The van der Waals surface area contributed by atoms with Gasteiger partial charge in [-0.1, -0.05) is 30.3 Å². The number of carboxylic acid groups (broad SMARTS) is 1. The van der Waals surface area contributed by atoms with Gasteiger partial charge in [-0.15, -0.1) is 0 Å². The Morgan fingerprint density at radius 2 is 1.94 bits per heavy atom. The van der Waals surface area contributed by atoms with Gasteiger partial charge in [-0.3, -0.25) is 9.59 Å². The van der Waals surface area contributed by atoms with Crippen LogP contribution in [0.3, 0.4) is 0 Å². The number of Topliss-reactive ketones (excluding diaryl/α,β-unsaturated/α-hetero) is 1. The maximum atomic E-state index is 11.7. The molecule has 1 aromatic rings. The first-order chi connectivity index (χ1) is 8.58. The van der Waals surface area contributed by atoms with E-state index in [1.807, 2.05) is 30.3 Å². The molecule has 1 heterocycles. The predicted molar refractivity (Wildman–Crippen MR) is 62.6 cm³/mol. The molecular formula is C13H13NO4. The smallest absolute Gasteiger partial charge is 0.372 e. The highest BCUT2D eigenvalue weighted by Gasteiger charge is 2.36. The summed E-state index contributed by atoms with van der Waals surface area (Å²) in [5.41, 5.74) is 0.967. The molecule has 18 heavy (non-hydrogen) atoms. The van der Waals surface area contributed by atoms with E-state index in [9.17, 15) is 14.4 Å². The van der Waals surface area contributed by atoms with Crippen LogP contribution in [0.1, 0.15) is 12.0 Å².